The molecule has 0 saturated carbocycles. The van der Waals surface area contributed by atoms with Crippen LogP contribution in [-0.4, -0.2) is 24.5 Å². The van der Waals surface area contributed by atoms with Gasteiger partial charge in [-0.3, -0.25) is 0 Å². The Hall–Kier alpha value is -1.80. The van der Waals surface area contributed by atoms with Crippen molar-refractivity contribution in [3.05, 3.63) is 36.0 Å². The second-order valence-electron chi connectivity index (χ2n) is 4.45. The zero-order chi connectivity index (χ0) is 13.9. The number of aryl methyl sites for hydroxylation is 1. The number of hydrogen-bond acceptors (Lipinski definition) is 3. The van der Waals surface area contributed by atoms with Crippen LogP contribution in [0, 0.1) is 11.3 Å². The van der Waals surface area contributed by atoms with Gasteiger partial charge in [0.05, 0.1) is 17.4 Å². The van der Waals surface area contributed by atoms with Crippen molar-refractivity contribution in [1.29, 1.82) is 5.26 Å². The molecule has 1 aromatic heterocycles. The SMILES string of the molecule is CCS(=O)(=O)CCCn1ccc2c(C#N)cccc21. The maximum Gasteiger partial charge on any atom is 0.150 e. The highest BCUT2D eigenvalue weighted by molar-refractivity contribution is 7.91. The predicted octanol–water partition coefficient (Wildman–Crippen LogP) is 2.34. The van der Waals surface area contributed by atoms with Crippen LogP contribution in [0.15, 0.2) is 30.5 Å². The van der Waals surface area contributed by atoms with Crippen LogP contribution in [0.4, 0.5) is 0 Å². The zero-order valence-electron chi connectivity index (χ0n) is 10.8. The van der Waals surface area contributed by atoms with Crippen LogP contribution in [0.3, 0.4) is 0 Å². The molecule has 0 spiro atoms. The number of sulfone groups is 1. The molecule has 19 heavy (non-hydrogen) atoms. The van der Waals surface area contributed by atoms with E-state index in [9.17, 15) is 8.42 Å². The highest BCUT2D eigenvalue weighted by atomic mass is 32.2. The Bertz CT molecular complexity index is 723. The van der Waals surface area contributed by atoms with Crippen LogP contribution in [0.5, 0.6) is 0 Å². The second kappa shape index (κ2) is 5.45. The summed E-state index contributed by atoms with van der Waals surface area (Å²) in [7, 11) is -2.90. The van der Waals surface area contributed by atoms with Crippen LogP contribution in [0.25, 0.3) is 10.9 Å². The summed E-state index contributed by atoms with van der Waals surface area (Å²) >= 11 is 0. The van der Waals surface area contributed by atoms with Crippen molar-refractivity contribution in [2.45, 2.75) is 19.9 Å². The van der Waals surface area contributed by atoms with E-state index in [1.165, 1.54) is 0 Å². The van der Waals surface area contributed by atoms with Gasteiger partial charge in [-0.2, -0.15) is 5.26 Å². The number of fused-ring (bicyclic) bond motifs is 1. The largest absolute Gasteiger partial charge is 0.347 e. The first-order valence-corrected chi connectivity index (χ1v) is 8.08. The fourth-order valence-corrected chi connectivity index (χ4v) is 2.97. The van der Waals surface area contributed by atoms with Crippen LogP contribution in [0.1, 0.15) is 18.9 Å². The van der Waals surface area contributed by atoms with Gasteiger partial charge in [0.15, 0.2) is 0 Å². The highest BCUT2D eigenvalue weighted by Gasteiger charge is 2.08. The van der Waals surface area contributed by atoms with Gasteiger partial charge in [-0.05, 0) is 24.6 Å². The Morgan fingerprint density at radius 1 is 1.32 bits per heavy atom. The van der Waals surface area contributed by atoms with Crippen molar-refractivity contribution in [3.8, 4) is 6.07 Å². The van der Waals surface area contributed by atoms with Crippen molar-refractivity contribution in [3.63, 3.8) is 0 Å². The molecule has 0 unspecified atom stereocenters. The van der Waals surface area contributed by atoms with Gasteiger partial charge in [0.2, 0.25) is 0 Å². The molecule has 5 heteroatoms. The quantitative estimate of drug-likeness (QED) is 0.842. The summed E-state index contributed by atoms with van der Waals surface area (Å²) in [6.07, 6.45) is 2.50. The van der Waals surface area contributed by atoms with E-state index < -0.39 is 9.84 Å². The van der Waals surface area contributed by atoms with Gasteiger partial charge < -0.3 is 4.57 Å². The van der Waals surface area contributed by atoms with Crippen LogP contribution < -0.4 is 0 Å². The van der Waals surface area contributed by atoms with E-state index in [-0.39, 0.29) is 11.5 Å². The Morgan fingerprint density at radius 2 is 2.11 bits per heavy atom. The number of hydrogen-bond donors (Lipinski definition) is 0. The van der Waals surface area contributed by atoms with E-state index in [1.807, 2.05) is 29.0 Å². The first-order valence-electron chi connectivity index (χ1n) is 6.26. The van der Waals surface area contributed by atoms with Gasteiger partial charge in [-0.1, -0.05) is 13.0 Å². The molecule has 0 aliphatic heterocycles. The maximum absolute atomic E-state index is 11.4. The summed E-state index contributed by atoms with van der Waals surface area (Å²) in [4.78, 5) is 0. The van der Waals surface area contributed by atoms with Crippen molar-refractivity contribution in [2.24, 2.45) is 0 Å². The molecule has 0 bridgehead atoms. The molecule has 1 heterocycles. The molecule has 0 fully saturated rings. The molecule has 4 nitrogen and oxygen atoms in total. The summed E-state index contributed by atoms with van der Waals surface area (Å²) in [5, 5.41) is 9.94. The van der Waals surface area contributed by atoms with E-state index in [2.05, 4.69) is 6.07 Å². The molecule has 2 aromatic rings. The second-order valence-corrected chi connectivity index (χ2v) is 6.92. The van der Waals surface area contributed by atoms with E-state index in [0.29, 0.717) is 18.5 Å². The topological polar surface area (TPSA) is 62.9 Å². The molecule has 1 aromatic carbocycles. The van der Waals surface area contributed by atoms with E-state index >= 15 is 0 Å². The molecule has 0 N–H and O–H groups in total. The number of rotatable bonds is 5. The van der Waals surface area contributed by atoms with Crippen molar-refractivity contribution in [2.75, 3.05) is 11.5 Å². The average Bonchev–Trinajstić information content (AvgIpc) is 2.82. The lowest BCUT2D eigenvalue weighted by Gasteiger charge is -2.05. The highest BCUT2D eigenvalue weighted by Crippen LogP contribution is 2.20. The lowest BCUT2D eigenvalue weighted by Crippen LogP contribution is -2.11. The van der Waals surface area contributed by atoms with Crippen LogP contribution >= 0.6 is 0 Å². The van der Waals surface area contributed by atoms with E-state index in [4.69, 9.17) is 5.26 Å². The number of nitrogens with zero attached hydrogens (tertiary/aromatic N) is 2. The number of benzene rings is 1. The molecular weight excluding hydrogens is 260 g/mol. The molecule has 0 atom stereocenters. The van der Waals surface area contributed by atoms with Gasteiger partial charge in [-0.15, -0.1) is 0 Å². The van der Waals surface area contributed by atoms with E-state index in [1.54, 1.807) is 13.0 Å². The fraction of sp³-hybridized carbons (Fsp3) is 0.357. The molecule has 0 amide bonds. The van der Waals surface area contributed by atoms with Crippen molar-refractivity contribution < 1.29 is 8.42 Å². The van der Waals surface area contributed by atoms with Gasteiger partial charge in [0, 0.05) is 29.4 Å². The predicted molar refractivity (Wildman–Crippen MR) is 75.6 cm³/mol. The summed E-state index contributed by atoms with van der Waals surface area (Å²) in [5.41, 5.74) is 1.63. The average molecular weight is 276 g/mol. The Labute approximate surface area is 113 Å². The lowest BCUT2D eigenvalue weighted by atomic mass is 10.1. The van der Waals surface area contributed by atoms with Crippen molar-refractivity contribution >= 4 is 20.7 Å². The smallest absolute Gasteiger partial charge is 0.150 e. The molecule has 100 valence electrons. The minimum absolute atomic E-state index is 0.192. The van der Waals surface area contributed by atoms with Gasteiger partial charge >= 0.3 is 0 Å². The third kappa shape index (κ3) is 2.96. The minimum atomic E-state index is -2.90. The molecule has 0 aliphatic rings. The van der Waals surface area contributed by atoms with Crippen LogP contribution in [0.2, 0.25) is 0 Å². The molecule has 0 saturated heterocycles. The van der Waals surface area contributed by atoms with Gasteiger partial charge in [-0.25, -0.2) is 8.42 Å². The minimum Gasteiger partial charge on any atom is -0.347 e. The monoisotopic (exact) mass is 276 g/mol. The maximum atomic E-state index is 11.4. The van der Waals surface area contributed by atoms with Crippen LogP contribution in [-0.2, 0) is 16.4 Å². The van der Waals surface area contributed by atoms with Gasteiger partial charge in [0.1, 0.15) is 9.84 Å². The molecule has 0 aliphatic carbocycles. The Kier molecular flexibility index (Phi) is 3.91. The third-order valence-electron chi connectivity index (χ3n) is 3.23. The summed E-state index contributed by atoms with van der Waals surface area (Å²) in [6, 6.07) is 9.65. The van der Waals surface area contributed by atoms with Gasteiger partial charge in [0.25, 0.3) is 0 Å². The molecule has 2 rings (SSSR count). The number of aromatic nitrogens is 1. The number of nitriles is 1. The first kappa shape index (κ1) is 13.6. The van der Waals surface area contributed by atoms with E-state index in [0.717, 1.165) is 10.9 Å². The zero-order valence-corrected chi connectivity index (χ0v) is 11.7. The fourth-order valence-electron chi connectivity index (χ4n) is 2.12. The summed E-state index contributed by atoms with van der Waals surface area (Å²) in [6.45, 7) is 2.32. The lowest BCUT2D eigenvalue weighted by molar-refractivity contribution is 0.589. The normalized spacial score (nSPS) is 11.6. The first-order chi connectivity index (χ1) is 9.07. The Balaban J connectivity index is 2.17. The summed E-state index contributed by atoms with van der Waals surface area (Å²) < 4.78 is 24.9. The summed E-state index contributed by atoms with van der Waals surface area (Å²) in [5.74, 6) is 0.402. The van der Waals surface area contributed by atoms with Crippen molar-refractivity contribution in [1.82, 2.24) is 4.57 Å². The Morgan fingerprint density at radius 3 is 2.79 bits per heavy atom. The third-order valence-corrected chi connectivity index (χ3v) is 5.02. The molecule has 0 radical (unpaired) electrons. The standard InChI is InChI=1S/C14H16N2O2S/c1-2-19(17,18)10-4-8-16-9-7-13-12(11-15)5-3-6-14(13)16/h3,5-7,9H,2,4,8,10H2,1H3. The molecular formula is C14H16N2O2S.